The van der Waals surface area contributed by atoms with Crippen LogP contribution in [0.4, 0.5) is 27.8 Å². The van der Waals surface area contributed by atoms with Crippen molar-refractivity contribution in [1.82, 2.24) is 9.97 Å². The Morgan fingerprint density at radius 1 is 1.03 bits per heavy atom. The molecule has 1 heterocycles. The molecule has 0 spiro atoms. The second-order valence-electron chi connectivity index (χ2n) is 6.10. The summed E-state index contributed by atoms with van der Waals surface area (Å²) in [6.07, 6.45) is -3.37. The highest BCUT2D eigenvalue weighted by Crippen LogP contribution is 2.36. The number of rotatable bonds is 5. The molecule has 0 saturated heterocycles. The van der Waals surface area contributed by atoms with Crippen LogP contribution in [0.1, 0.15) is 17.2 Å². The molecule has 2 aromatic carbocycles. The molecule has 0 aliphatic carbocycles. The van der Waals surface area contributed by atoms with Crippen molar-refractivity contribution in [2.75, 3.05) is 11.9 Å². The van der Waals surface area contributed by atoms with Crippen molar-refractivity contribution in [1.29, 1.82) is 0 Å². The van der Waals surface area contributed by atoms with Gasteiger partial charge in [0.1, 0.15) is 23.8 Å². The molecule has 1 aromatic heterocycles. The summed E-state index contributed by atoms with van der Waals surface area (Å²) in [4.78, 5) is 7.99. The molecule has 152 valence electrons. The highest BCUT2D eigenvalue weighted by molar-refractivity contribution is 6.31. The minimum Gasteiger partial charge on any atom is -0.368 e. The first kappa shape index (κ1) is 20.9. The van der Waals surface area contributed by atoms with Crippen molar-refractivity contribution in [3.8, 4) is 11.3 Å². The zero-order valence-corrected chi connectivity index (χ0v) is 15.4. The molecule has 1 atom stereocenters. The minimum absolute atomic E-state index is 0.0396. The Morgan fingerprint density at radius 3 is 2.34 bits per heavy atom. The predicted molar refractivity (Wildman–Crippen MR) is 99.3 cm³/mol. The molecule has 4 nitrogen and oxygen atoms in total. The van der Waals surface area contributed by atoms with Crippen LogP contribution in [0.3, 0.4) is 0 Å². The number of aromatic nitrogens is 2. The number of alkyl halides is 3. The van der Waals surface area contributed by atoms with E-state index < -0.39 is 34.4 Å². The molecule has 3 aromatic rings. The van der Waals surface area contributed by atoms with Gasteiger partial charge in [0.2, 0.25) is 0 Å². The molecule has 3 rings (SSSR count). The molecule has 0 aliphatic heterocycles. The SMILES string of the molecule is NC(CNc1cc(-c2ccc(C(F)(F)F)c(Cl)c2)ncn1)c1c(F)cccc1F. The molecule has 1 unspecified atom stereocenters. The van der Waals surface area contributed by atoms with Gasteiger partial charge in [-0.05, 0) is 24.3 Å². The van der Waals surface area contributed by atoms with E-state index >= 15 is 0 Å². The van der Waals surface area contributed by atoms with E-state index in [0.29, 0.717) is 11.3 Å². The summed E-state index contributed by atoms with van der Waals surface area (Å²) in [5.74, 6) is -1.25. The number of anilines is 1. The maximum Gasteiger partial charge on any atom is 0.417 e. The molecular weight excluding hydrogens is 415 g/mol. The second kappa shape index (κ2) is 8.30. The normalized spacial score (nSPS) is 12.7. The molecule has 0 amide bonds. The fourth-order valence-corrected chi connectivity index (χ4v) is 2.99. The van der Waals surface area contributed by atoms with Crippen LogP contribution in [0.5, 0.6) is 0 Å². The van der Waals surface area contributed by atoms with Gasteiger partial charge in [-0.3, -0.25) is 0 Å². The summed E-state index contributed by atoms with van der Waals surface area (Å²) in [5.41, 5.74) is 5.30. The largest absolute Gasteiger partial charge is 0.417 e. The van der Waals surface area contributed by atoms with E-state index in [4.69, 9.17) is 17.3 Å². The van der Waals surface area contributed by atoms with Crippen LogP contribution < -0.4 is 11.1 Å². The Bertz CT molecular complexity index is 1010. The zero-order valence-electron chi connectivity index (χ0n) is 14.6. The fourth-order valence-electron chi connectivity index (χ4n) is 2.70. The Morgan fingerprint density at radius 2 is 1.72 bits per heavy atom. The van der Waals surface area contributed by atoms with E-state index in [1.165, 1.54) is 24.5 Å². The minimum atomic E-state index is -4.56. The van der Waals surface area contributed by atoms with E-state index in [2.05, 4.69) is 15.3 Å². The van der Waals surface area contributed by atoms with Gasteiger partial charge in [0.15, 0.2) is 0 Å². The molecule has 0 fully saturated rings. The molecule has 0 bridgehead atoms. The van der Waals surface area contributed by atoms with E-state index in [-0.39, 0.29) is 17.9 Å². The Hall–Kier alpha value is -2.78. The Labute approximate surface area is 167 Å². The lowest BCUT2D eigenvalue weighted by molar-refractivity contribution is -0.137. The van der Waals surface area contributed by atoms with Gasteiger partial charge in [0.05, 0.1) is 22.3 Å². The second-order valence-corrected chi connectivity index (χ2v) is 6.51. The number of benzene rings is 2. The third-order valence-corrected chi connectivity index (χ3v) is 4.42. The van der Waals surface area contributed by atoms with E-state index in [9.17, 15) is 22.0 Å². The van der Waals surface area contributed by atoms with Crippen LogP contribution in [-0.4, -0.2) is 16.5 Å². The number of nitrogens with zero attached hydrogens (tertiary/aromatic N) is 2. The van der Waals surface area contributed by atoms with Gasteiger partial charge in [-0.2, -0.15) is 13.2 Å². The van der Waals surface area contributed by atoms with Crippen LogP contribution in [0.15, 0.2) is 48.8 Å². The summed E-state index contributed by atoms with van der Waals surface area (Å²) in [7, 11) is 0. The lowest BCUT2D eigenvalue weighted by Crippen LogP contribution is -2.23. The third-order valence-electron chi connectivity index (χ3n) is 4.11. The fraction of sp³-hybridized carbons (Fsp3) is 0.158. The molecule has 3 N–H and O–H groups in total. The third kappa shape index (κ3) is 4.80. The number of nitrogens with one attached hydrogen (secondary N) is 1. The van der Waals surface area contributed by atoms with Gasteiger partial charge in [-0.15, -0.1) is 0 Å². The smallest absolute Gasteiger partial charge is 0.368 e. The summed E-state index contributed by atoms with van der Waals surface area (Å²) in [5, 5.41) is 2.38. The van der Waals surface area contributed by atoms with Crippen molar-refractivity contribution in [2.45, 2.75) is 12.2 Å². The van der Waals surface area contributed by atoms with Crippen LogP contribution >= 0.6 is 11.6 Å². The molecule has 29 heavy (non-hydrogen) atoms. The average molecular weight is 429 g/mol. The van der Waals surface area contributed by atoms with Crippen molar-refractivity contribution >= 4 is 17.4 Å². The highest BCUT2D eigenvalue weighted by atomic mass is 35.5. The number of halogens is 6. The number of nitrogens with two attached hydrogens (primary N) is 1. The van der Waals surface area contributed by atoms with E-state index in [1.54, 1.807) is 0 Å². The van der Waals surface area contributed by atoms with Crippen LogP contribution in [-0.2, 0) is 6.18 Å². The van der Waals surface area contributed by atoms with Gasteiger partial charge in [0, 0.05) is 23.7 Å². The predicted octanol–water partition coefficient (Wildman–Crippen LogP) is 5.21. The first-order valence-electron chi connectivity index (χ1n) is 8.29. The van der Waals surface area contributed by atoms with Crippen molar-refractivity contribution < 1.29 is 22.0 Å². The molecule has 0 aliphatic rings. The lowest BCUT2D eigenvalue weighted by Gasteiger charge is -2.15. The van der Waals surface area contributed by atoms with Crippen molar-refractivity contribution in [3.05, 3.63) is 76.6 Å². The quantitative estimate of drug-likeness (QED) is 0.548. The van der Waals surface area contributed by atoms with Crippen molar-refractivity contribution in [3.63, 3.8) is 0 Å². The van der Waals surface area contributed by atoms with E-state index in [1.807, 2.05) is 0 Å². The first-order valence-corrected chi connectivity index (χ1v) is 8.67. The average Bonchev–Trinajstić information content (AvgIpc) is 2.65. The van der Waals surface area contributed by atoms with Gasteiger partial charge in [-0.25, -0.2) is 18.7 Å². The standard InChI is InChI=1S/C19H14ClF5N4/c20-12-6-10(4-5-11(12)19(23,24)25)16-7-17(29-9-28-16)27-8-15(26)18-13(21)2-1-3-14(18)22/h1-7,9,15H,8,26H2,(H,27,28,29). The summed E-state index contributed by atoms with van der Waals surface area (Å²) in [6.45, 7) is -0.0396. The highest BCUT2D eigenvalue weighted by Gasteiger charge is 2.33. The van der Waals surface area contributed by atoms with Gasteiger partial charge < -0.3 is 11.1 Å². The monoisotopic (exact) mass is 428 g/mol. The molecular formula is C19H14ClF5N4. The van der Waals surface area contributed by atoms with Crippen LogP contribution in [0.25, 0.3) is 11.3 Å². The number of hydrogen-bond acceptors (Lipinski definition) is 4. The summed E-state index contributed by atoms with van der Waals surface area (Å²) < 4.78 is 66.1. The lowest BCUT2D eigenvalue weighted by atomic mass is 10.1. The Balaban J connectivity index is 1.77. The van der Waals surface area contributed by atoms with Gasteiger partial charge >= 0.3 is 6.18 Å². The van der Waals surface area contributed by atoms with Gasteiger partial charge in [0.25, 0.3) is 0 Å². The maximum atomic E-state index is 13.8. The zero-order chi connectivity index (χ0) is 21.2. The van der Waals surface area contributed by atoms with Crippen molar-refractivity contribution in [2.24, 2.45) is 5.73 Å². The Kier molecular flexibility index (Phi) is 5.99. The summed E-state index contributed by atoms with van der Waals surface area (Å²) >= 11 is 5.74. The van der Waals surface area contributed by atoms with Crippen LogP contribution in [0.2, 0.25) is 5.02 Å². The van der Waals surface area contributed by atoms with Crippen LogP contribution in [0, 0.1) is 11.6 Å². The molecule has 0 saturated carbocycles. The number of hydrogen-bond donors (Lipinski definition) is 2. The molecule has 0 radical (unpaired) electrons. The summed E-state index contributed by atoms with van der Waals surface area (Å²) in [6, 6.07) is 7.17. The van der Waals surface area contributed by atoms with E-state index in [0.717, 1.165) is 24.3 Å². The van der Waals surface area contributed by atoms with Gasteiger partial charge in [-0.1, -0.05) is 23.7 Å². The maximum absolute atomic E-state index is 13.8. The topological polar surface area (TPSA) is 63.8 Å². The first-order chi connectivity index (χ1) is 13.7. The molecule has 10 heteroatoms.